The third kappa shape index (κ3) is 2.85. The monoisotopic (exact) mass is 391 g/mol. The average Bonchev–Trinajstić information content (AvgIpc) is 2.29. The van der Waals surface area contributed by atoms with E-state index in [1.54, 1.807) is 6.08 Å². The molecule has 0 aromatic heterocycles. The first-order valence-electron chi connectivity index (χ1n) is 5.00. The summed E-state index contributed by atoms with van der Waals surface area (Å²) in [6.07, 6.45) is 2.62. The third-order valence-corrected chi connectivity index (χ3v) is 4.07. The number of alkyl halides is 1. The van der Waals surface area contributed by atoms with Crippen molar-refractivity contribution in [2.45, 2.75) is 12.5 Å². The van der Waals surface area contributed by atoms with Gasteiger partial charge in [0.1, 0.15) is 0 Å². The molecule has 0 saturated heterocycles. The van der Waals surface area contributed by atoms with Crippen molar-refractivity contribution in [2.75, 3.05) is 4.43 Å². The van der Waals surface area contributed by atoms with E-state index in [9.17, 15) is 4.79 Å². The van der Waals surface area contributed by atoms with Crippen LogP contribution < -0.4 is 5.32 Å². The molecule has 0 aliphatic carbocycles. The quantitative estimate of drug-likeness (QED) is 0.607. The zero-order valence-corrected chi connectivity index (χ0v) is 12.3. The highest BCUT2D eigenvalue weighted by Crippen LogP contribution is 2.26. The van der Waals surface area contributed by atoms with Gasteiger partial charge in [0.2, 0.25) is 5.91 Å². The van der Waals surface area contributed by atoms with Crippen LogP contribution in [0.3, 0.4) is 0 Å². The summed E-state index contributed by atoms with van der Waals surface area (Å²) in [5, 5.41) is 2.98. The number of nitrogens with one attached hydrogen (secondary N) is 1. The first kappa shape index (κ1) is 12.1. The van der Waals surface area contributed by atoms with E-state index in [1.807, 2.05) is 24.3 Å². The summed E-state index contributed by atoms with van der Waals surface area (Å²) < 4.78 is 1.97. The molecule has 0 saturated carbocycles. The van der Waals surface area contributed by atoms with Crippen molar-refractivity contribution in [1.82, 2.24) is 5.32 Å². The van der Waals surface area contributed by atoms with Gasteiger partial charge in [-0.3, -0.25) is 4.79 Å². The number of hydrogen-bond acceptors (Lipinski definition) is 1. The Labute approximate surface area is 117 Å². The Hall–Kier alpha value is -0.360. The third-order valence-electron chi connectivity index (χ3n) is 2.56. The molecule has 0 bridgehead atoms. The summed E-state index contributed by atoms with van der Waals surface area (Å²) in [4.78, 5) is 11.5. The van der Waals surface area contributed by atoms with Crippen molar-refractivity contribution >= 4 is 44.4 Å². The lowest BCUT2D eigenvalue weighted by atomic mass is 9.96. The van der Waals surface area contributed by atoms with E-state index < -0.39 is 0 Å². The molecule has 2 nitrogen and oxygen atoms in total. The van der Waals surface area contributed by atoms with E-state index in [0.717, 1.165) is 20.9 Å². The van der Waals surface area contributed by atoms with Crippen molar-refractivity contribution in [3.8, 4) is 0 Å². The molecule has 1 aromatic rings. The van der Waals surface area contributed by atoms with Crippen molar-refractivity contribution < 1.29 is 4.79 Å². The molecule has 1 unspecified atom stereocenters. The standard InChI is InChI=1S/C12H11BrINO/c13-10-3-1-9(2-4-10)11-5-8(7-14)6-12(16)15-11/h1-4,6,11H,5,7H2,(H,15,16). The molecule has 1 aliphatic rings. The summed E-state index contributed by atoms with van der Waals surface area (Å²) >= 11 is 5.70. The van der Waals surface area contributed by atoms with Crippen LogP contribution in [-0.2, 0) is 4.79 Å². The Morgan fingerprint density at radius 2 is 2.06 bits per heavy atom. The van der Waals surface area contributed by atoms with Crippen LogP contribution in [0.4, 0.5) is 0 Å². The van der Waals surface area contributed by atoms with Crippen LogP contribution in [0.2, 0.25) is 0 Å². The summed E-state index contributed by atoms with van der Waals surface area (Å²) in [6.45, 7) is 0. The highest BCUT2D eigenvalue weighted by atomic mass is 127. The minimum Gasteiger partial charge on any atom is -0.345 e. The molecule has 0 spiro atoms. The van der Waals surface area contributed by atoms with Gasteiger partial charge < -0.3 is 5.32 Å². The highest BCUT2D eigenvalue weighted by molar-refractivity contribution is 14.1. The van der Waals surface area contributed by atoms with Gasteiger partial charge >= 0.3 is 0 Å². The van der Waals surface area contributed by atoms with Crippen LogP contribution >= 0.6 is 38.5 Å². The van der Waals surface area contributed by atoms with Crippen LogP contribution in [-0.4, -0.2) is 10.3 Å². The van der Waals surface area contributed by atoms with Gasteiger partial charge in [0.15, 0.2) is 0 Å². The zero-order chi connectivity index (χ0) is 11.5. The molecule has 1 atom stereocenters. The Bertz CT molecular complexity index is 427. The Morgan fingerprint density at radius 3 is 2.69 bits per heavy atom. The van der Waals surface area contributed by atoms with E-state index in [1.165, 1.54) is 5.57 Å². The molecule has 1 N–H and O–H groups in total. The number of carbonyl (C=O) groups is 1. The molecular weight excluding hydrogens is 381 g/mol. The maximum Gasteiger partial charge on any atom is 0.244 e. The van der Waals surface area contributed by atoms with Crippen LogP contribution in [0.15, 0.2) is 40.4 Å². The summed E-state index contributed by atoms with van der Waals surface area (Å²) in [5.74, 6) is 0.0193. The number of halogens is 2. The SMILES string of the molecule is O=C1C=C(CI)CC(c2ccc(Br)cc2)N1. The normalized spacial score (nSPS) is 20.2. The molecule has 16 heavy (non-hydrogen) atoms. The Morgan fingerprint density at radius 1 is 1.38 bits per heavy atom. The van der Waals surface area contributed by atoms with Gasteiger partial charge in [-0.15, -0.1) is 0 Å². The first-order chi connectivity index (χ1) is 7.69. The second-order valence-electron chi connectivity index (χ2n) is 3.75. The second kappa shape index (κ2) is 5.31. The van der Waals surface area contributed by atoms with E-state index in [0.29, 0.717) is 0 Å². The van der Waals surface area contributed by atoms with Gasteiger partial charge in [-0.1, -0.05) is 56.2 Å². The van der Waals surface area contributed by atoms with Gasteiger partial charge in [-0.2, -0.15) is 0 Å². The van der Waals surface area contributed by atoms with E-state index >= 15 is 0 Å². The minimum atomic E-state index is 0.0193. The molecule has 1 heterocycles. The topological polar surface area (TPSA) is 29.1 Å². The van der Waals surface area contributed by atoms with Gasteiger partial charge in [0, 0.05) is 15.0 Å². The first-order valence-corrected chi connectivity index (χ1v) is 7.32. The molecule has 1 aliphatic heterocycles. The van der Waals surface area contributed by atoms with Crippen molar-refractivity contribution in [2.24, 2.45) is 0 Å². The lowest BCUT2D eigenvalue weighted by Crippen LogP contribution is -2.31. The van der Waals surface area contributed by atoms with Crippen molar-refractivity contribution in [3.63, 3.8) is 0 Å². The van der Waals surface area contributed by atoms with Gasteiger partial charge in [0.05, 0.1) is 6.04 Å². The molecule has 0 radical (unpaired) electrons. The number of amides is 1. The maximum atomic E-state index is 11.5. The van der Waals surface area contributed by atoms with Crippen LogP contribution in [0, 0.1) is 0 Å². The van der Waals surface area contributed by atoms with Gasteiger partial charge in [-0.05, 0) is 24.1 Å². The fraction of sp³-hybridized carbons (Fsp3) is 0.250. The van der Waals surface area contributed by atoms with Crippen molar-refractivity contribution in [3.05, 3.63) is 46.0 Å². The maximum absolute atomic E-state index is 11.5. The smallest absolute Gasteiger partial charge is 0.244 e. The number of carbonyl (C=O) groups excluding carboxylic acids is 1. The van der Waals surface area contributed by atoms with Crippen LogP contribution in [0.25, 0.3) is 0 Å². The van der Waals surface area contributed by atoms with E-state index in [-0.39, 0.29) is 11.9 Å². The minimum absolute atomic E-state index is 0.0193. The van der Waals surface area contributed by atoms with Gasteiger partial charge in [-0.25, -0.2) is 0 Å². The highest BCUT2D eigenvalue weighted by Gasteiger charge is 2.20. The van der Waals surface area contributed by atoms with Crippen LogP contribution in [0.5, 0.6) is 0 Å². The lowest BCUT2D eigenvalue weighted by molar-refractivity contribution is -0.117. The predicted molar refractivity (Wildman–Crippen MR) is 76.6 cm³/mol. The molecule has 0 fully saturated rings. The molecule has 84 valence electrons. The zero-order valence-electron chi connectivity index (χ0n) is 8.54. The number of hydrogen-bond donors (Lipinski definition) is 1. The van der Waals surface area contributed by atoms with Gasteiger partial charge in [0.25, 0.3) is 0 Å². The van der Waals surface area contributed by atoms with E-state index in [2.05, 4.69) is 43.8 Å². The lowest BCUT2D eigenvalue weighted by Gasteiger charge is -2.23. The van der Waals surface area contributed by atoms with Crippen LogP contribution in [0.1, 0.15) is 18.0 Å². The number of benzene rings is 1. The molecule has 4 heteroatoms. The predicted octanol–water partition coefficient (Wildman–Crippen LogP) is 3.37. The molecule has 1 amide bonds. The van der Waals surface area contributed by atoms with E-state index in [4.69, 9.17) is 0 Å². The number of rotatable bonds is 2. The summed E-state index contributed by atoms with van der Waals surface area (Å²) in [7, 11) is 0. The summed E-state index contributed by atoms with van der Waals surface area (Å²) in [6, 6.07) is 8.22. The fourth-order valence-corrected chi connectivity index (χ4v) is 2.56. The molecule has 2 rings (SSSR count). The fourth-order valence-electron chi connectivity index (χ4n) is 1.76. The van der Waals surface area contributed by atoms with Crippen molar-refractivity contribution in [1.29, 1.82) is 0 Å². The Kier molecular flexibility index (Phi) is 4.02. The molecule has 1 aromatic carbocycles. The second-order valence-corrected chi connectivity index (χ2v) is 5.43. The summed E-state index contributed by atoms with van der Waals surface area (Å²) in [5.41, 5.74) is 2.37. The molecular formula is C12H11BrINO. The Balaban J connectivity index is 2.20. The largest absolute Gasteiger partial charge is 0.345 e. The average molecular weight is 392 g/mol.